The van der Waals surface area contributed by atoms with Crippen molar-refractivity contribution in [2.45, 2.75) is 77.6 Å². The number of nitrogens with zero attached hydrogens (tertiary/aromatic N) is 2. The fraction of sp³-hybridized carbons (Fsp3) is 0.667. The number of diazo groups is 1. The molecule has 20 heavy (non-hydrogen) atoms. The van der Waals surface area contributed by atoms with Gasteiger partial charge in [-0.2, -0.15) is 0 Å². The normalized spacial score (nSPS) is 10.4. The molecule has 0 amide bonds. The van der Waals surface area contributed by atoms with Crippen LogP contribution in [-0.2, 0) is 6.42 Å². The third-order valence-corrected chi connectivity index (χ3v) is 3.87. The smallest absolute Gasteiger partial charge is 0.0654 e. The predicted molar refractivity (Wildman–Crippen MR) is 86.7 cm³/mol. The minimum Gasteiger partial charge on any atom is -0.0654 e. The molecule has 0 N–H and O–H groups in total. The Hall–Kier alpha value is -1.36. The Morgan fingerprint density at radius 1 is 0.750 bits per heavy atom. The van der Waals surface area contributed by atoms with Crippen molar-refractivity contribution in [3.8, 4) is 0 Å². The molecule has 0 radical (unpaired) electrons. The molecular formula is C18H29N2+. The van der Waals surface area contributed by atoms with Gasteiger partial charge in [0.1, 0.15) is 0 Å². The summed E-state index contributed by atoms with van der Waals surface area (Å²) in [6.45, 7) is 2.27. The molecule has 0 fully saturated rings. The molecule has 0 aliphatic heterocycles. The number of unbranched alkanes of at least 4 members (excludes halogenated alkanes) is 9. The highest BCUT2D eigenvalue weighted by Crippen LogP contribution is 2.15. The monoisotopic (exact) mass is 273 g/mol. The maximum absolute atomic E-state index is 8.62. The van der Waals surface area contributed by atoms with E-state index in [-0.39, 0.29) is 0 Å². The van der Waals surface area contributed by atoms with Crippen LogP contribution in [0.5, 0.6) is 0 Å². The van der Waals surface area contributed by atoms with Gasteiger partial charge in [-0.15, -0.1) is 0 Å². The molecule has 2 heteroatoms. The minimum absolute atomic E-state index is 0.636. The van der Waals surface area contributed by atoms with Crippen molar-refractivity contribution in [1.29, 1.82) is 5.39 Å². The van der Waals surface area contributed by atoms with Gasteiger partial charge in [0, 0.05) is 12.1 Å². The van der Waals surface area contributed by atoms with E-state index < -0.39 is 0 Å². The van der Waals surface area contributed by atoms with Gasteiger partial charge in [-0.25, -0.2) is 0 Å². The maximum Gasteiger partial charge on any atom is 0.385 e. The molecule has 0 aromatic heterocycles. The topological polar surface area (TPSA) is 28.1 Å². The van der Waals surface area contributed by atoms with Gasteiger partial charge in [-0.05, 0) is 18.4 Å². The summed E-state index contributed by atoms with van der Waals surface area (Å²) in [4.78, 5) is 3.17. The van der Waals surface area contributed by atoms with E-state index in [4.69, 9.17) is 5.39 Å². The van der Waals surface area contributed by atoms with Crippen LogP contribution in [0.2, 0.25) is 0 Å². The summed E-state index contributed by atoms with van der Waals surface area (Å²) >= 11 is 0. The van der Waals surface area contributed by atoms with E-state index in [1.54, 1.807) is 0 Å². The van der Waals surface area contributed by atoms with Crippen molar-refractivity contribution in [3.63, 3.8) is 0 Å². The summed E-state index contributed by atoms with van der Waals surface area (Å²) < 4.78 is 0. The van der Waals surface area contributed by atoms with E-state index in [2.05, 4.69) is 24.0 Å². The van der Waals surface area contributed by atoms with E-state index >= 15 is 0 Å². The average molecular weight is 273 g/mol. The first kappa shape index (κ1) is 16.7. The zero-order chi connectivity index (χ0) is 14.5. The molecule has 0 saturated carbocycles. The first-order valence-corrected chi connectivity index (χ1v) is 8.31. The van der Waals surface area contributed by atoms with Crippen molar-refractivity contribution in [2.24, 2.45) is 0 Å². The van der Waals surface area contributed by atoms with Crippen LogP contribution in [0, 0.1) is 5.39 Å². The van der Waals surface area contributed by atoms with Crippen LogP contribution in [0.4, 0.5) is 5.69 Å². The number of hydrogen-bond donors (Lipinski definition) is 0. The van der Waals surface area contributed by atoms with Crippen LogP contribution in [-0.4, -0.2) is 0 Å². The lowest BCUT2D eigenvalue weighted by Gasteiger charge is -2.02. The molecule has 0 atom stereocenters. The van der Waals surface area contributed by atoms with E-state index in [1.165, 1.54) is 69.8 Å². The second-order valence-corrected chi connectivity index (χ2v) is 5.70. The Kier molecular flexibility index (Phi) is 9.57. The molecule has 0 saturated heterocycles. The van der Waals surface area contributed by atoms with Gasteiger partial charge < -0.3 is 0 Å². The summed E-state index contributed by atoms with van der Waals surface area (Å²) in [6, 6.07) is 7.85. The first-order valence-electron chi connectivity index (χ1n) is 8.31. The molecule has 0 spiro atoms. The molecule has 0 heterocycles. The number of rotatable bonds is 11. The zero-order valence-electron chi connectivity index (χ0n) is 13.0. The lowest BCUT2D eigenvalue weighted by Crippen LogP contribution is -1.86. The van der Waals surface area contributed by atoms with Crippen molar-refractivity contribution >= 4 is 5.69 Å². The summed E-state index contributed by atoms with van der Waals surface area (Å²) in [5.41, 5.74) is 1.98. The molecule has 110 valence electrons. The molecule has 1 rings (SSSR count). The van der Waals surface area contributed by atoms with Crippen molar-refractivity contribution in [2.75, 3.05) is 0 Å². The molecule has 1 aromatic rings. The standard InChI is InChI=1S/C18H29N2/c1-2-3-4-5-6-7-8-9-10-11-12-17-13-15-18(20-19)16-14-17/h13-16H,2-12H2,1H3/q+1. The van der Waals surface area contributed by atoms with Crippen LogP contribution >= 0.6 is 0 Å². The minimum atomic E-state index is 0.636. The highest BCUT2D eigenvalue weighted by Gasteiger charge is 2.02. The van der Waals surface area contributed by atoms with Crippen LogP contribution in [0.25, 0.3) is 4.98 Å². The highest BCUT2D eigenvalue weighted by atomic mass is 14.8. The van der Waals surface area contributed by atoms with Gasteiger partial charge >= 0.3 is 5.69 Å². The maximum atomic E-state index is 8.62. The van der Waals surface area contributed by atoms with Crippen LogP contribution in [0.3, 0.4) is 0 Å². The number of aryl methyl sites for hydroxylation is 1. The Bertz CT molecular complexity index is 375. The van der Waals surface area contributed by atoms with Gasteiger partial charge in [-0.1, -0.05) is 76.8 Å². The van der Waals surface area contributed by atoms with Gasteiger partial charge in [-0.3, -0.25) is 0 Å². The highest BCUT2D eigenvalue weighted by molar-refractivity contribution is 5.44. The van der Waals surface area contributed by atoms with Crippen molar-refractivity contribution < 1.29 is 0 Å². The Morgan fingerprint density at radius 3 is 1.75 bits per heavy atom. The van der Waals surface area contributed by atoms with Crippen LogP contribution in [0.15, 0.2) is 24.3 Å². The Labute approximate surface area is 124 Å². The first-order chi connectivity index (χ1) is 9.86. The van der Waals surface area contributed by atoms with Crippen molar-refractivity contribution in [3.05, 3.63) is 34.8 Å². The lowest BCUT2D eigenvalue weighted by atomic mass is 10.0. The Balaban J connectivity index is 1.93. The molecule has 2 nitrogen and oxygen atoms in total. The average Bonchev–Trinajstić information content (AvgIpc) is 2.50. The molecule has 0 bridgehead atoms. The lowest BCUT2D eigenvalue weighted by molar-refractivity contribution is 0.556. The Morgan fingerprint density at radius 2 is 1.25 bits per heavy atom. The second-order valence-electron chi connectivity index (χ2n) is 5.70. The quantitative estimate of drug-likeness (QED) is 0.328. The van der Waals surface area contributed by atoms with E-state index in [9.17, 15) is 0 Å². The third-order valence-electron chi connectivity index (χ3n) is 3.87. The van der Waals surface area contributed by atoms with E-state index in [0.717, 1.165) is 6.42 Å². The molecule has 0 unspecified atom stereocenters. The predicted octanol–water partition coefficient (Wildman–Crippen LogP) is 6.63. The second kappa shape index (κ2) is 11.5. The molecule has 0 aliphatic carbocycles. The fourth-order valence-corrected chi connectivity index (χ4v) is 2.55. The van der Waals surface area contributed by atoms with Gasteiger partial charge in [0.2, 0.25) is 5.39 Å². The van der Waals surface area contributed by atoms with Crippen LogP contribution in [0.1, 0.15) is 76.7 Å². The molecule has 0 aliphatic rings. The largest absolute Gasteiger partial charge is 0.385 e. The van der Waals surface area contributed by atoms with Gasteiger partial charge in [0.05, 0.1) is 0 Å². The summed E-state index contributed by atoms with van der Waals surface area (Å²) in [5, 5.41) is 8.62. The van der Waals surface area contributed by atoms with E-state index in [0.29, 0.717) is 5.69 Å². The summed E-state index contributed by atoms with van der Waals surface area (Å²) in [6.07, 6.45) is 14.9. The fourth-order valence-electron chi connectivity index (χ4n) is 2.55. The number of hydrogen-bond acceptors (Lipinski definition) is 1. The molecular weight excluding hydrogens is 244 g/mol. The molecule has 1 aromatic carbocycles. The SMILES string of the molecule is CCCCCCCCCCCCc1ccc([N+]#N)cc1. The third kappa shape index (κ3) is 7.94. The van der Waals surface area contributed by atoms with Gasteiger partial charge in [0.15, 0.2) is 4.98 Å². The van der Waals surface area contributed by atoms with Gasteiger partial charge in [0.25, 0.3) is 0 Å². The van der Waals surface area contributed by atoms with E-state index in [1.807, 2.05) is 12.1 Å². The van der Waals surface area contributed by atoms with Crippen molar-refractivity contribution in [1.82, 2.24) is 0 Å². The number of benzene rings is 1. The summed E-state index contributed by atoms with van der Waals surface area (Å²) in [7, 11) is 0. The summed E-state index contributed by atoms with van der Waals surface area (Å²) in [5.74, 6) is 0. The zero-order valence-corrected chi connectivity index (χ0v) is 13.0. The van der Waals surface area contributed by atoms with Crippen LogP contribution < -0.4 is 0 Å².